The van der Waals surface area contributed by atoms with E-state index in [-0.39, 0.29) is 5.41 Å². The Bertz CT molecular complexity index is 149. The van der Waals surface area contributed by atoms with Gasteiger partial charge in [0.25, 0.3) is 0 Å². The Kier molecular flexibility index (Phi) is 1.34. The van der Waals surface area contributed by atoms with Crippen molar-refractivity contribution in [2.24, 2.45) is 10.4 Å². The molecule has 0 bridgehead atoms. The summed E-state index contributed by atoms with van der Waals surface area (Å²) in [5.74, 6) is 0. The molecule has 0 aromatic carbocycles. The van der Waals surface area contributed by atoms with Crippen LogP contribution < -0.4 is 0 Å². The van der Waals surface area contributed by atoms with Gasteiger partial charge in [-0.15, -0.1) is 0 Å². The fourth-order valence-electron chi connectivity index (χ4n) is 1.05. The second kappa shape index (κ2) is 1.79. The lowest BCUT2D eigenvalue weighted by Gasteiger charge is -2.18. The van der Waals surface area contributed by atoms with E-state index in [1.54, 1.807) is 6.92 Å². The highest BCUT2D eigenvalue weighted by Gasteiger charge is 2.35. The zero-order valence-electron chi connectivity index (χ0n) is 6.11. The first-order valence-electron chi connectivity index (χ1n) is 3.19. The predicted molar refractivity (Wildman–Crippen MR) is 36.7 cm³/mol. The number of hydrogen-bond donors (Lipinski definition) is 0. The zero-order valence-corrected chi connectivity index (χ0v) is 6.11. The van der Waals surface area contributed by atoms with Crippen LogP contribution >= 0.6 is 0 Å². The fraction of sp³-hybridized carbons (Fsp3) is 0.857. The first kappa shape index (κ1) is 6.72. The van der Waals surface area contributed by atoms with Gasteiger partial charge in [0.1, 0.15) is 6.17 Å². The molecule has 0 fully saturated rings. The summed E-state index contributed by atoms with van der Waals surface area (Å²) < 4.78 is 13.0. The van der Waals surface area contributed by atoms with E-state index in [0.717, 1.165) is 0 Å². The van der Waals surface area contributed by atoms with Crippen LogP contribution in [0.4, 0.5) is 4.39 Å². The number of alkyl halides is 1. The average Bonchev–Trinajstić information content (AvgIpc) is 1.97. The average molecular weight is 129 g/mol. The summed E-state index contributed by atoms with van der Waals surface area (Å²) in [7, 11) is 0. The van der Waals surface area contributed by atoms with Crippen LogP contribution in [0, 0.1) is 5.41 Å². The molecule has 1 unspecified atom stereocenters. The van der Waals surface area contributed by atoms with E-state index >= 15 is 0 Å². The Morgan fingerprint density at radius 2 is 2.22 bits per heavy atom. The van der Waals surface area contributed by atoms with Crippen molar-refractivity contribution in [2.45, 2.75) is 26.9 Å². The molecular weight excluding hydrogens is 117 g/mol. The van der Waals surface area contributed by atoms with Crippen LogP contribution in [-0.2, 0) is 0 Å². The van der Waals surface area contributed by atoms with Crippen LogP contribution in [0.3, 0.4) is 0 Å². The van der Waals surface area contributed by atoms with Gasteiger partial charge in [0.05, 0.1) is 0 Å². The molecule has 1 atom stereocenters. The van der Waals surface area contributed by atoms with Crippen LogP contribution in [0.2, 0.25) is 0 Å². The second-order valence-electron chi connectivity index (χ2n) is 3.31. The topological polar surface area (TPSA) is 12.4 Å². The number of hydrogen-bond acceptors (Lipinski definition) is 1. The minimum absolute atomic E-state index is 0.246. The van der Waals surface area contributed by atoms with Crippen molar-refractivity contribution in [3.8, 4) is 0 Å². The quantitative estimate of drug-likeness (QED) is 0.473. The minimum atomic E-state index is -0.822. The van der Waals surface area contributed by atoms with Gasteiger partial charge in [-0.05, 0) is 6.92 Å². The van der Waals surface area contributed by atoms with Crippen LogP contribution in [0.25, 0.3) is 0 Å². The summed E-state index contributed by atoms with van der Waals surface area (Å²) in [4.78, 5) is 4.01. The van der Waals surface area contributed by atoms with E-state index in [0.29, 0.717) is 12.3 Å². The largest absolute Gasteiger partial charge is 0.291 e. The van der Waals surface area contributed by atoms with Crippen LogP contribution in [0.5, 0.6) is 0 Å². The van der Waals surface area contributed by atoms with E-state index in [2.05, 4.69) is 4.99 Å². The monoisotopic (exact) mass is 129 g/mol. The summed E-state index contributed by atoms with van der Waals surface area (Å²) in [5, 5.41) is 0. The molecule has 0 aromatic rings. The van der Waals surface area contributed by atoms with Crippen molar-refractivity contribution in [3.63, 3.8) is 0 Å². The normalized spacial score (nSPS) is 32.4. The Balaban J connectivity index is 2.73. The van der Waals surface area contributed by atoms with Crippen molar-refractivity contribution < 1.29 is 4.39 Å². The van der Waals surface area contributed by atoms with Gasteiger partial charge in [0.15, 0.2) is 0 Å². The van der Waals surface area contributed by atoms with Gasteiger partial charge in [-0.3, -0.25) is 4.99 Å². The lowest BCUT2D eigenvalue weighted by Crippen LogP contribution is -2.26. The number of aliphatic imine (C=N–C) groups is 1. The number of rotatable bonds is 0. The smallest absolute Gasteiger partial charge is 0.144 e. The molecule has 0 N–H and O–H groups in total. The van der Waals surface area contributed by atoms with Gasteiger partial charge in [-0.1, -0.05) is 13.8 Å². The molecule has 1 heterocycles. The molecule has 0 aromatic heterocycles. The van der Waals surface area contributed by atoms with Gasteiger partial charge < -0.3 is 0 Å². The highest BCUT2D eigenvalue weighted by Crippen LogP contribution is 2.29. The Morgan fingerprint density at radius 3 is 2.33 bits per heavy atom. The van der Waals surface area contributed by atoms with Crippen LogP contribution in [0.1, 0.15) is 20.8 Å². The van der Waals surface area contributed by atoms with Gasteiger partial charge in [-0.2, -0.15) is 0 Å². The SMILES string of the molecule is CC1=NCC(C)(C)C1F. The van der Waals surface area contributed by atoms with E-state index < -0.39 is 6.17 Å². The molecule has 1 nitrogen and oxygen atoms in total. The Morgan fingerprint density at radius 1 is 1.67 bits per heavy atom. The first-order valence-corrected chi connectivity index (χ1v) is 3.19. The molecule has 0 spiro atoms. The summed E-state index contributed by atoms with van der Waals surface area (Å²) in [6.07, 6.45) is -0.822. The van der Waals surface area contributed by atoms with Crippen LogP contribution in [-0.4, -0.2) is 18.4 Å². The van der Waals surface area contributed by atoms with E-state index in [4.69, 9.17) is 0 Å². The van der Waals surface area contributed by atoms with Gasteiger partial charge in [0, 0.05) is 17.7 Å². The maximum absolute atomic E-state index is 13.0. The summed E-state index contributed by atoms with van der Waals surface area (Å²) >= 11 is 0. The minimum Gasteiger partial charge on any atom is -0.291 e. The van der Waals surface area contributed by atoms with Crippen molar-refractivity contribution in [2.75, 3.05) is 6.54 Å². The van der Waals surface area contributed by atoms with Crippen molar-refractivity contribution in [3.05, 3.63) is 0 Å². The Hall–Kier alpha value is -0.400. The van der Waals surface area contributed by atoms with E-state index in [1.165, 1.54) is 0 Å². The van der Waals surface area contributed by atoms with Gasteiger partial charge >= 0.3 is 0 Å². The lowest BCUT2D eigenvalue weighted by atomic mass is 9.89. The molecule has 9 heavy (non-hydrogen) atoms. The molecule has 1 aliphatic rings. The summed E-state index contributed by atoms with van der Waals surface area (Å²) in [6, 6.07) is 0. The highest BCUT2D eigenvalue weighted by atomic mass is 19.1. The van der Waals surface area contributed by atoms with E-state index in [9.17, 15) is 4.39 Å². The lowest BCUT2D eigenvalue weighted by molar-refractivity contribution is 0.232. The third-order valence-corrected chi connectivity index (χ3v) is 1.79. The maximum atomic E-state index is 13.0. The number of nitrogens with zero attached hydrogens (tertiary/aromatic N) is 1. The summed E-state index contributed by atoms with van der Waals surface area (Å²) in [6.45, 7) is 6.19. The van der Waals surface area contributed by atoms with Crippen LogP contribution in [0.15, 0.2) is 4.99 Å². The third kappa shape index (κ3) is 0.979. The predicted octanol–water partition coefficient (Wildman–Crippen LogP) is 1.83. The summed E-state index contributed by atoms with van der Waals surface area (Å²) in [5.41, 5.74) is 0.407. The molecular formula is C7H12FN. The van der Waals surface area contributed by atoms with Crippen molar-refractivity contribution in [1.82, 2.24) is 0 Å². The maximum Gasteiger partial charge on any atom is 0.144 e. The molecule has 0 saturated carbocycles. The molecule has 2 heteroatoms. The van der Waals surface area contributed by atoms with Gasteiger partial charge in [-0.25, -0.2) is 4.39 Å². The molecule has 1 aliphatic heterocycles. The standard InChI is InChI=1S/C7H12FN/c1-5-6(8)7(2,3)4-9-5/h6H,4H2,1-3H3. The molecule has 52 valence electrons. The van der Waals surface area contributed by atoms with Crippen molar-refractivity contribution >= 4 is 5.71 Å². The first-order chi connectivity index (χ1) is 4.04. The van der Waals surface area contributed by atoms with Gasteiger partial charge in [0.2, 0.25) is 0 Å². The second-order valence-corrected chi connectivity index (χ2v) is 3.31. The molecule has 0 amide bonds. The van der Waals surface area contributed by atoms with Crippen molar-refractivity contribution in [1.29, 1.82) is 0 Å². The molecule has 0 aliphatic carbocycles. The third-order valence-electron chi connectivity index (χ3n) is 1.79. The highest BCUT2D eigenvalue weighted by molar-refractivity contribution is 5.88. The number of halogens is 1. The van der Waals surface area contributed by atoms with E-state index in [1.807, 2.05) is 13.8 Å². The molecule has 0 radical (unpaired) electrons. The molecule has 0 saturated heterocycles. The zero-order chi connectivity index (χ0) is 7.07. The molecule has 1 rings (SSSR count). The Labute approximate surface area is 55.0 Å². The fourth-order valence-corrected chi connectivity index (χ4v) is 1.05.